The lowest BCUT2D eigenvalue weighted by atomic mass is 9.79. The van der Waals surface area contributed by atoms with Crippen LogP contribution in [-0.4, -0.2) is 17.8 Å². The molecule has 2 nitrogen and oxygen atoms in total. The van der Waals surface area contributed by atoms with Crippen molar-refractivity contribution < 1.29 is 5.11 Å². The van der Waals surface area contributed by atoms with Gasteiger partial charge in [0.2, 0.25) is 0 Å². The second-order valence-corrected chi connectivity index (χ2v) is 3.65. The zero-order valence-electron chi connectivity index (χ0n) is 7.29. The standard InChI is InChI=1S/C9H19NO/c1-2-7-3-4-8(6-10)9(11)5-7/h7-9,11H,2-6,10H2,1H3. The van der Waals surface area contributed by atoms with Crippen molar-refractivity contribution in [2.24, 2.45) is 17.6 Å². The molecular weight excluding hydrogens is 138 g/mol. The van der Waals surface area contributed by atoms with Crippen LogP contribution in [0.5, 0.6) is 0 Å². The SMILES string of the molecule is CCC1CCC(CN)C(O)C1. The van der Waals surface area contributed by atoms with Gasteiger partial charge < -0.3 is 10.8 Å². The maximum Gasteiger partial charge on any atom is 0.0583 e. The highest BCUT2D eigenvalue weighted by atomic mass is 16.3. The molecule has 1 rings (SSSR count). The summed E-state index contributed by atoms with van der Waals surface area (Å²) < 4.78 is 0. The summed E-state index contributed by atoms with van der Waals surface area (Å²) in [6, 6.07) is 0. The summed E-state index contributed by atoms with van der Waals surface area (Å²) in [6.07, 6.45) is 4.43. The Morgan fingerprint density at radius 2 is 2.18 bits per heavy atom. The van der Waals surface area contributed by atoms with Crippen molar-refractivity contribution in [2.45, 2.75) is 38.7 Å². The molecule has 0 radical (unpaired) electrons. The first-order valence-corrected chi connectivity index (χ1v) is 4.66. The van der Waals surface area contributed by atoms with Crippen LogP contribution in [0.4, 0.5) is 0 Å². The molecule has 1 fully saturated rings. The molecule has 0 aromatic rings. The molecule has 0 saturated heterocycles. The van der Waals surface area contributed by atoms with E-state index in [-0.39, 0.29) is 6.10 Å². The van der Waals surface area contributed by atoms with Gasteiger partial charge in [0.05, 0.1) is 6.10 Å². The summed E-state index contributed by atoms with van der Waals surface area (Å²) >= 11 is 0. The fourth-order valence-corrected chi connectivity index (χ4v) is 1.94. The minimum atomic E-state index is -0.126. The van der Waals surface area contributed by atoms with Gasteiger partial charge >= 0.3 is 0 Å². The molecule has 11 heavy (non-hydrogen) atoms. The van der Waals surface area contributed by atoms with Crippen molar-refractivity contribution in [3.8, 4) is 0 Å². The highest BCUT2D eigenvalue weighted by molar-refractivity contribution is 4.79. The minimum Gasteiger partial charge on any atom is -0.393 e. The van der Waals surface area contributed by atoms with E-state index in [9.17, 15) is 5.11 Å². The Kier molecular flexibility index (Phi) is 3.34. The van der Waals surface area contributed by atoms with Gasteiger partial charge in [0, 0.05) is 0 Å². The van der Waals surface area contributed by atoms with Crippen LogP contribution in [0.3, 0.4) is 0 Å². The van der Waals surface area contributed by atoms with E-state index in [4.69, 9.17) is 5.73 Å². The Bertz CT molecular complexity index is 116. The fourth-order valence-electron chi connectivity index (χ4n) is 1.94. The van der Waals surface area contributed by atoms with Crippen LogP contribution in [-0.2, 0) is 0 Å². The second-order valence-electron chi connectivity index (χ2n) is 3.65. The van der Waals surface area contributed by atoms with E-state index >= 15 is 0 Å². The Hall–Kier alpha value is -0.0800. The average Bonchev–Trinajstić information content (AvgIpc) is 2.04. The van der Waals surface area contributed by atoms with Crippen molar-refractivity contribution >= 4 is 0 Å². The summed E-state index contributed by atoms with van der Waals surface area (Å²) in [6.45, 7) is 2.84. The van der Waals surface area contributed by atoms with Crippen LogP contribution >= 0.6 is 0 Å². The molecule has 3 unspecified atom stereocenters. The average molecular weight is 157 g/mol. The quantitative estimate of drug-likeness (QED) is 0.631. The number of rotatable bonds is 2. The van der Waals surface area contributed by atoms with E-state index in [2.05, 4.69) is 6.92 Å². The molecule has 2 heteroatoms. The van der Waals surface area contributed by atoms with Crippen molar-refractivity contribution in [1.29, 1.82) is 0 Å². The summed E-state index contributed by atoms with van der Waals surface area (Å²) in [5, 5.41) is 9.59. The third kappa shape index (κ3) is 2.17. The number of hydrogen-bond donors (Lipinski definition) is 2. The Morgan fingerprint density at radius 3 is 2.64 bits per heavy atom. The molecule has 1 aliphatic rings. The van der Waals surface area contributed by atoms with E-state index < -0.39 is 0 Å². The predicted octanol–water partition coefficient (Wildman–Crippen LogP) is 1.13. The molecule has 0 amide bonds. The van der Waals surface area contributed by atoms with Gasteiger partial charge in [-0.2, -0.15) is 0 Å². The van der Waals surface area contributed by atoms with Gasteiger partial charge in [-0.3, -0.25) is 0 Å². The van der Waals surface area contributed by atoms with Crippen LogP contribution in [0.25, 0.3) is 0 Å². The Labute approximate surface area is 68.8 Å². The second kappa shape index (κ2) is 4.07. The zero-order chi connectivity index (χ0) is 8.27. The van der Waals surface area contributed by atoms with Crippen LogP contribution < -0.4 is 5.73 Å². The summed E-state index contributed by atoms with van der Waals surface area (Å²) in [7, 11) is 0. The highest BCUT2D eigenvalue weighted by Crippen LogP contribution is 2.30. The molecule has 3 N–H and O–H groups in total. The van der Waals surface area contributed by atoms with Crippen molar-refractivity contribution in [3.63, 3.8) is 0 Å². The van der Waals surface area contributed by atoms with Crippen LogP contribution in [0, 0.1) is 11.8 Å². The first-order chi connectivity index (χ1) is 5.27. The number of aliphatic hydroxyl groups excluding tert-OH is 1. The molecule has 0 bridgehead atoms. The Morgan fingerprint density at radius 1 is 1.45 bits per heavy atom. The van der Waals surface area contributed by atoms with Crippen LogP contribution in [0.15, 0.2) is 0 Å². The fraction of sp³-hybridized carbons (Fsp3) is 1.00. The van der Waals surface area contributed by atoms with Gasteiger partial charge in [-0.05, 0) is 37.6 Å². The van der Waals surface area contributed by atoms with E-state index in [0.717, 1.165) is 18.8 Å². The largest absolute Gasteiger partial charge is 0.393 e. The normalized spacial score (nSPS) is 39.0. The molecular formula is C9H19NO. The lowest BCUT2D eigenvalue weighted by Crippen LogP contribution is -2.34. The van der Waals surface area contributed by atoms with Gasteiger partial charge in [0.1, 0.15) is 0 Å². The number of hydrogen-bond acceptors (Lipinski definition) is 2. The molecule has 3 atom stereocenters. The molecule has 0 heterocycles. The summed E-state index contributed by atoms with van der Waals surface area (Å²) in [5.41, 5.74) is 5.52. The van der Waals surface area contributed by atoms with Gasteiger partial charge in [0.15, 0.2) is 0 Å². The summed E-state index contributed by atoms with van der Waals surface area (Å²) in [5.74, 6) is 1.12. The topological polar surface area (TPSA) is 46.2 Å². The van der Waals surface area contributed by atoms with Crippen LogP contribution in [0.2, 0.25) is 0 Å². The van der Waals surface area contributed by atoms with Crippen LogP contribution in [0.1, 0.15) is 32.6 Å². The number of nitrogens with two attached hydrogens (primary N) is 1. The van der Waals surface area contributed by atoms with E-state index in [1.165, 1.54) is 12.8 Å². The van der Waals surface area contributed by atoms with Gasteiger partial charge in [0.25, 0.3) is 0 Å². The van der Waals surface area contributed by atoms with E-state index in [1.54, 1.807) is 0 Å². The maximum atomic E-state index is 9.59. The minimum absolute atomic E-state index is 0.126. The van der Waals surface area contributed by atoms with E-state index in [1.807, 2.05) is 0 Å². The van der Waals surface area contributed by atoms with Gasteiger partial charge in [-0.25, -0.2) is 0 Å². The van der Waals surface area contributed by atoms with Gasteiger partial charge in [-0.15, -0.1) is 0 Å². The number of aliphatic hydroxyl groups is 1. The monoisotopic (exact) mass is 157 g/mol. The molecule has 66 valence electrons. The van der Waals surface area contributed by atoms with Crippen molar-refractivity contribution in [1.82, 2.24) is 0 Å². The molecule has 0 aromatic heterocycles. The molecule has 0 aromatic carbocycles. The molecule has 0 spiro atoms. The van der Waals surface area contributed by atoms with Gasteiger partial charge in [-0.1, -0.05) is 13.3 Å². The predicted molar refractivity (Wildman–Crippen MR) is 46.2 cm³/mol. The smallest absolute Gasteiger partial charge is 0.0583 e. The third-order valence-corrected chi connectivity index (χ3v) is 2.94. The third-order valence-electron chi connectivity index (χ3n) is 2.94. The highest BCUT2D eigenvalue weighted by Gasteiger charge is 2.26. The van der Waals surface area contributed by atoms with E-state index in [0.29, 0.717) is 12.5 Å². The Balaban J connectivity index is 2.34. The first kappa shape index (κ1) is 9.01. The first-order valence-electron chi connectivity index (χ1n) is 4.66. The summed E-state index contributed by atoms with van der Waals surface area (Å²) in [4.78, 5) is 0. The molecule has 1 aliphatic carbocycles. The van der Waals surface area contributed by atoms with Crippen molar-refractivity contribution in [3.05, 3.63) is 0 Å². The molecule has 0 aliphatic heterocycles. The maximum absolute atomic E-state index is 9.59. The zero-order valence-corrected chi connectivity index (χ0v) is 7.29. The lowest BCUT2D eigenvalue weighted by molar-refractivity contribution is 0.0479. The van der Waals surface area contributed by atoms with Crippen molar-refractivity contribution in [2.75, 3.05) is 6.54 Å². The molecule has 1 saturated carbocycles. The lowest BCUT2D eigenvalue weighted by Gasteiger charge is -2.31.